The zero-order valence-electron chi connectivity index (χ0n) is 4.89. The van der Waals surface area contributed by atoms with Crippen molar-refractivity contribution in [1.82, 2.24) is 5.32 Å². The van der Waals surface area contributed by atoms with E-state index < -0.39 is 0 Å². The second kappa shape index (κ2) is 7.23. The summed E-state index contributed by atoms with van der Waals surface area (Å²) >= 11 is 0. The summed E-state index contributed by atoms with van der Waals surface area (Å²) in [6.45, 7) is 0.457. The Labute approximate surface area is 59.7 Å². The normalized spacial score (nSPS) is 7.11. The number of amides is 1. The molecule has 0 aromatic rings. The van der Waals surface area contributed by atoms with Crippen LogP contribution < -0.4 is 11.1 Å². The Balaban J connectivity index is 0. The third kappa shape index (κ3) is 11.1. The van der Waals surface area contributed by atoms with Gasteiger partial charge in [0.15, 0.2) is 0 Å². The first-order chi connectivity index (χ1) is 3.77. The number of nitrogens with two attached hydrogens (primary N) is 1. The zero-order valence-corrected chi connectivity index (χ0v) is 5.70. The molecule has 0 aliphatic rings. The van der Waals surface area contributed by atoms with Gasteiger partial charge in [-0.25, -0.2) is 0 Å². The van der Waals surface area contributed by atoms with E-state index in [1.807, 2.05) is 0 Å². The molecule has 1 amide bonds. The third-order valence-corrected chi connectivity index (χ3v) is 0.622. The lowest BCUT2D eigenvalue weighted by atomic mass is 10.4. The van der Waals surface area contributed by atoms with Crippen LogP contribution in [-0.4, -0.2) is 18.8 Å². The number of rotatable bonds is 4. The van der Waals surface area contributed by atoms with Crippen molar-refractivity contribution in [3.8, 4) is 0 Å². The molecular weight excluding hydrogens is 142 g/mol. The second-order valence-electron chi connectivity index (χ2n) is 1.35. The van der Waals surface area contributed by atoms with Gasteiger partial charge in [0.25, 0.3) is 0 Å². The second-order valence-corrected chi connectivity index (χ2v) is 1.35. The van der Waals surface area contributed by atoms with Crippen LogP contribution in [-0.2, 0) is 4.79 Å². The minimum atomic E-state index is 0. The molecule has 0 aromatic carbocycles. The maximum atomic E-state index is 9.56. The van der Waals surface area contributed by atoms with E-state index in [1.54, 1.807) is 0 Å². The van der Waals surface area contributed by atoms with Crippen LogP contribution in [0.3, 0.4) is 0 Å². The van der Waals surface area contributed by atoms with Crippen molar-refractivity contribution in [3.05, 3.63) is 0 Å². The largest absolute Gasteiger partial charge is 0.388 e. The first kappa shape index (κ1) is 11.1. The molecule has 0 atom stereocenters. The Morgan fingerprint density at radius 1 is 1.78 bits per heavy atom. The third-order valence-electron chi connectivity index (χ3n) is 0.622. The SMILES string of the molecule is Cl.N=C(N)CCNC=O. The average Bonchev–Trinajstić information content (AvgIpc) is 1.66. The van der Waals surface area contributed by atoms with Crippen LogP contribution in [0.5, 0.6) is 0 Å². The summed E-state index contributed by atoms with van der Waals surface area (Å²) in [5.74, 6) is 0.0966. The van der Waals surface area contributed by atoms with E-state index in [0.717, 1.165) is 0 Å². The maximum absolute atomic E-state index is 9.56. The van der Waals surface area contributed by atoms with Gasteiger partial charge >= 0.3 is 0 Å². The number of carbonyl (C=O) groups is 1. The van der Waals surface area contributed by atoms with Gasteiger partial charge in [-0.15, -0.1) is 12.4 Å². The summed E-state index contributed by atoms with van der Waals surface area (Å²) in [7, 11) is 0. The van der Waals surface area contributed by atoms with Gasteiger partial charge in [-0.05, 0) is 0 Å². The van der Waals surface area contributed by atoms with Gasteiger partial charge < -0.3 is 11.1 Å². The standard InChI is InChI=1S/C4H9N3O.ClH/c5-4(6)1-2-7-3-8;/h3H,1-2H2,(H3,5,6)(H,7,8);1H. The van der Waals surface area contributed by atoms with Gasteiger partial charge in [-0.2, -0.15) is 0 Å². The monoisotopic (exact) mass is 151 g/mol. The van der Waals surface area contributed by atoms with Crippen LogP contribution in [0.25, 0.3) is 0 Å². The number of nitrogens with one attached hydrogen (secondary N) is 2. The van der Waals surface area contributed by atoms with E-state index in [4.69, 9.17) is 11.1 Å². The maximum Gasteiger partial charge on any atom is 0.207 e. The van der Waals surface area contributed by atoms with E-state index in [9.17, 15) is 4.79 Å². The molecule has 0 aromatic heterocycles. The number of carbonyl (C=O) groups excluding carboxylic acids is 1. The van der Waals surface area contributed by atoms with Gasteiger partial charge in [-0.1, -0.05) is 0 Å². The van der Waals surface area contributed by atoms with Crippen LogP contribution in [0.1, 0.15) is 6.42 Å². The lowest BCUT2D eigenvalue weighted by Crippen LogP contribution is -2.19. The van der Waals surface area contributed by atoms with E-state index in [-0.39, 0.29) is 18.2 Å². The van der Waals surface area contributed by atoms with Crippen molar-refractivity contribution in [1.29, 1.82) is 5.41 Å². The van der Waals surface area contributed by atoms with Crippen LogP contribution in [0, 0.1) is 5.41 Å². The summed E-state index contributed by atoms with van der Waals surface area (Å²) in [6.07, 6.45) is 1.02. The van der Waals surface area contributed by atoms with Crippen LogP contribution in [0.2, 0.25) is 0 Å². The first-order valence-electron chi connectivity index (χ1n) is 2.27. The lowest BCUT2D eigenvalue weighted by molar-refractivity contribution is -0.109. The summed E-state index contributed by atoms with van der Waals surface area (Å²) in [4.78, 5) is 9.56. The molecule has 0 heterocycles. The molecule has 54 valence electrons. The van der Waals surface area contributed by atoms with E-state index in [2.05, 4.69) is 5.32 Å². The summed E-state index contributed by atoms with van der Waals surface area (Å²) < 4.78 is 0. The quantitative estimate of drug-likeness (QED) is 0.219. The van der Waals surface area contributed by atoms with Crippen molar-refractivity contribution < 1.29 is 4.79 Å². The molecule has 0 saturated heterocycles. The topological polar surface area (TPSA) is 79.0 Å². The first-order valence-corrected chi connectivity index (χ1v) is 2.27. The number of halogens is 1. The number of amidine groups is 1. The molecule has 0 rings (SSSR count). The Hall–Kier alpha value is -0.770. The molecule has 0 aliphatic heterocycles. The Kier molecular flexibility index (Phi) is 8.90. The fourth-order valence-electron chi connectivity index (χ4n) is 0.266. The predicted molar refractivity (Wildman–Crippen MR) is 37.8 cm³/mol. The van der Waals surface area contributed by atoms with Crippen molar-refractivity contribution in [2.24, 2.45) is 5.73 Å². The molecule has 0 saturated carbocycles. The molecule has 5 heteroatoms. The molecule has 0 aliphatic carbocycles. The van der Waals surface area contributed by atoms with Crippen molar-refractivity contribution in [2.45, 2.75) is 6.42 Å². The van der Waals surface area contributed by atoms with Crippen molar-refractivity contribution in [3.63, 3.8) is 0 Å². The highest BCUT2D eigenvalue weighted by molar-refractivity contribution is 5.85. The molecule has 9 heavy (non-hydrogen) atoms. The molecule has 0 unspecified atom stereocenters. The van der Waals surface area contributed by atoms with Crippen LogP contribution in [0.15, 0.2) is 0 Å². The fraction of sp³-hybridized carbons (Fsp3) is 0.500. The minimum Gasteiger partial charge on any atom is -0.388 e. The van der Waals surface area contributed by atoms with Gasteiger partial charge in [0, 0.05) is 13.0 Å². The van der Waals surface area contributed by atoms with Crippen LogP contribution in [0.4, 0.5) is 0 Å². The van der Waals surface area contributed by atoms with E-state index >= 15 is 0 Å². The number of hydrogen-bond donors (Lipinski definition) is 3. The summed E-state index contributed by atoms with van der Waals surface area (Å²) in [6, 6.07) is 0. The van der Waals surface area contributed by atoms with E-state index in [1.165, 1.54) is 0 Å². The minimum absolute atomic E-state index is 0. The molecule has 0 bridgehead atoms. The Morgan fingerprint density at radius 3 is 2.67 bits per heavy atom. The average molecular weight is 152 g/mol. The smallest absolute Gasteiger partial charge is 0.207 e. The van der Waals surface area contributed by atoms with Crippen LogP contribution >= 0.6 is 12.4 Å². The van der Waals surface area contributed by atoms with Gasteiger partial charge in [0.1, 0.15) is 0 Å². The molecule has 0 fully saturated rings. The van der Waals surface area contributed by atoms with Gasteiger partial charge in [0.05, 0.1) is 5.84 Å². The molecular formula is C4H10ClN3O. The highest BCUT2D eigenvalue weighted by atomic mass is 35.5. The van der Waals surface area contributed by atoms with Crippen molar-refractivity contribution in [2.75, 3.05) is 6.54 Å². The highest BCUT2D eigenvalue weighted by Crippen LogP contribution is 1.68. The molecule has 0 spiro atoms. The number of hydrogen-bond acceptors (Lipinski definition) is 2. The highest BCUT2D eigenvalue weighted by Gasteiger charge is 1.84. The van der Waals surface area contributed by atoms with Gasteiger partial charge in [-0.3, -0.25) is 10.2 Å². The van der Waals surface area contributed by atoms with Gasteiger partial charge in [0.2, 0.25) is 6.41 Å². The van der Waals surface area contributed by atoms with E-state index in [0.29, 0.717) is 19.4 Å². The zero-order chi connectivity index (χ0) is 6.41. The van der Waals surface area contributed by atoms with Crippen molar-refractivity contribution >= 4 is 24.7 Å². The molecule has 4 nitrogen and oxygen atoms in total. The fourth-order valence-corrected chi connectivity index (χ4v) is 0.266. The Morgan fingerprint density at radius 2 is 2.33 bits per heavy atom. The molecule has 0 radical (unpaired) electrons. The predicted octanol–water partition coefficient (Wildman–Crippen LogP) is -0.520. The summed E-state index contributed by atoms with van der Waals surface area (Å²) in [5, 5.41) is 9.07. The summed E-state index contributed by atoms with van der Waals surface area (Å²) in [5.41, 5.74) is 4.96. The Bertz CT molecular complexity index is 95.8. The lowest BCUT2D eigenvalue weighted by Gasteiger charge is -1.93. The molecule has 4 N–H and O–H groups in total.